The van der Waals surface area contributed by atoms with Gasteiger partial charge in [-0.2, -0.15) is 4.31 Å². The third-order valence-electron chi connectivity index (χ3n) is 2.78. The molecule has 2 heterocycles. The number of aliphatic hydroxyl groups is 1. The van der Waals surface area contributed by atoms with E-state index in [-0.39, 0.29) is 18.0 Å². The molecule has 1 aliphatic rings. The molecule has 0 aliphatic carbocycles. The highest BCUT2D eigenvalue weighted by Gasteiger charge is 2.44. The molecule has 0 bridgehead atoms. The summed E-state index contributed by atoms with van der Waals surface area (Å²) in [5, 5.41) is 18.2. The first-order valence-electron chi connectivity index (χ1n) is 5.26. The summed E-state index contributed by atoms with van der Waals surface area (Å²) in [5.74, 6) is -0.855. The predicted octanol–water partition coefficient (Wildman–Crippen LogP) is -1.07. The van der Waals surface area contributed by atoms with Gasteiger partial charge in [0, 0.05) is 13.0 Å². The minimum absolute atomic E-state index is 0.109. The van der Waals surface area contributed by atoms with Crippen LogP contribution in [0.25, 0.3) is 0 Å². The maximum atomic E-state index is 12.2. The summed E-state index contributed by atoms with van der Waals surface area (Å²) in [5.41, 5.74) is 0. The van der Waals surface area contributed by atoms with Crippen molar-refractivity contribution in [1.82, 2.24) is 14.3 Å². The van der Waals surface area contributed by atoms with Crippen molar-refractivity contribution in [3.05, 3.63) is 12.0 Å². The molecule has 1 aromatic rings. The van der Waals surface area contributed by atoms with E-state index in [0.717, 1.165) is 10.5 Å². The molecule has 0 saturated carbocycles. The van der Waals surface area contributed by atoms with Crippen molar-refractivity contribution < 1.29 is 23.4 Å². The minimum atomic E-state index is -3.97. The molecule has 100 valence electrons. The Morgan fingerprint density at radius 2 is 2.28 bits per heavy atom. The Balaban J connectivity index is 2.38. The second-order valence-electron chi connectivity index (χ2n) is 4.15. The number of aromatic nitrogens is 2. The van der Waals surface area contributed by atoms with E-state index in [9.17, 15) is 18.3 Å². The van der Waals surface area contributed by atoms with Gasteiger partial charge in [0.1, 0.15) is 11.9 Å². The number of nitrogens with one attached hydrogen (secondary N) is 1. The zero-order valence-electron chi connectivity index (χ0n) is 9.57. The van der Waals surface area contributed by atoms with Crippen LogP contribution in [0.1, 0.15) is 12.2 Å². The zero-order valence-corrected chi connectivity index (χ0v) is 10.4. The number of aryl methyl sites for hydroxylation is 1. The molecule has 1 saturated heterocycles. The quantitative estimate of drug-likeness (QED) is 0.645. The maximum absolute atomic E-state index is 12.2. The number of hydrogen-bond donors (Lipinski definition) is 3. The summed E-state index contributed by atoms with van der Waals surface area (Å²) in [6.07, 6.45) is 0.0561. The van der Waals surface area contributed by atoms with Crippen LogP contribution >= 0.6 is 0 Å². The fraction of sp³-hybridized carbons (Fsp3) is 0.556. The number of imidazole rings is 1. The molecule has 3 N–H and O–H groups in total. The Labute approximate surface area is 103 Å². The van der Waals surface area contributed by atoms with Crippen molar-refractivity contribution in [2.24, 2.45) is 0 Å². The van der Waals surface area contributed by atoms with Gasteiger partial charge in [0.05, 0.1) is 12.3 Å². The normalized spacial score (nSPS) is 25.4. The number of H-pyrrole nitrogens is 1. The van der Waals surface area contributed by atoms with Crippen molar-refractivity contribution in [2.45, 2.75) is 30.5 Å². The Morgan fingerprint density at radius 1 is 1.61 bits per heavy atom. The molecule has 0 spiro atoms. The molecular weight excluding hydrogens is 262 g/mol. The van der Waals surface area contributed by atoms with Crippen molar-refractivity contribution in [1.29, 1.82) is 0 Å². The first-order chi connectivity index (χ1) is 8.32. The molecule has 1 aromatic heterocycles. The van der Waals surface area contributed by atoms with Crippen LogP contribution < -0.4 is 0 Å². The fourth-order valence-corrected chi connectivity index (χ4v) is 3.52. The molecule has 8 nitrogen and oxygen atoms in total. The van der Waals surface area contributed by atoms with E-state index in [2.05, 4.69) is 9.97 Å². The van der Waals surface area contributed by atoms with Gasteiger partial charge in [-0.1, -0.05) is 0 Å². The summed E-state index contributed by atoms with van der Waals surface area (Å²) in [6.45, 7) is 1.36. The zero-order chi connectivity index (χ0) is 13.5. The molecular formula is C9H13N3O5S. The van der Waals surface area contributed by atoms with Gasteiger partial charge in [0.25, 0.3) is 10.0 Å². The lowest BCUT2D eigenvalue weighted by molar-refractivity contribution is -0.140. The smallest absolute Gasteiger partial charge is 0.322 e. The average Bonchev–Trinajstić information content (AvgIpc) is 2.84. The van der Waals surface area contributed by atoms with Crippen LogP contribution in [-0.2, 0) is 14.8 Å². The third kappa shape index (κ3) is 2.11. The molecule has 18 heavy (non-hydrogen) atoms. The summed E-state index contributed by atoms with van der Waals surface area (Å²) in [7, 11) is -3.97. The number of rotatable bonds is 3. The first-order valence-corrected chi connectivity index (χ1v) is 6.70. The Morgan fingerprint density at radius 3 is 2.78 bits per heavy atom. The Bertz CT molecular complexity index is 567. The molecule has 0 unspecified atom stereocenters. The van der Waals surface area contributed by atoms with Gasteiger partial charge in [-0.15, -0.1) is 0 Å². The Hall–Kier alpha value is -1.45. The number of β-amino-alcohol motifs (C(OH)–C–C–N with tert-alkyl or cyclic N) is 1. The van der Waals surface area contributed by atoms with E-state index < -0.39 is 28.1 Å². The van der Waals surface area contributed by atoms with E-state index in [1.54, 1.807) is 6.92 Å². The topological polar surface area (TPSA) is 124 Å². The summed E-state index contributed by atoms with van der Waals surface area (Å²) < 4.78 is 25.2. The minimum Gasteiger partial charge on any atom is -0.480 e. The largest absolute Gasteiger partial charge is 0.480 e. The van der Waals surface area contributed by atoms with Crippen molar-refractivity contribution in [3.8, 4) is 0 Å². The van der Waals surface area contributed by atoms with Gasteiger partial charge in [-0.3, -0.25) is 4.79 Å². The monoisotopic (exact) mass is 275 g/mol. The van der Waals surface area contributed by atoms with Crippen molar-refractivity contribution in [3.63, 3.8) is 0 Å². The van der Waals surface area contributed by atoms with Crippen LogP contribution in [0, 0.1) is 6.92 Å². The summed E-state index contributed by atoms with van der Waals surface area (Å²) >= 11 is 0. The molecule has 1 aliphatic heterocycles. The molecule has 0 radical (unpaired) electrons. The molecule has 2 rings (SSSR count). The maximum Gasteiger partial charge on any atom is 0.322 e. The van der Waals surface area contributed by atoms with Gasteiger partial charge in [-0.25, -0.2) is 13.4 Å². The number of carboxylic acids is 1. The number of sulfonamides is 1. The SMILES string of the molecule is Cc1ncc(S(=O)(=O)N2C[C@H](O)C[C@@H]2C(=O)O)[nH]1. The van der Waals surface area contributed by atoms with Crippen LogP contribution in [-0.4, -0.2) is 57.6 Å². The lowest BCUT2D eigenvalue weighted by Gasteiger charge is -2.19. The fourth-order valence-electron chi connectivity index (χ4n) is 1.93. The molecule has 2 atom stereocenters. The Kier molecular flexibility index (Phi) is 3.13. The molecule has 9 heteroatoms. The average molecular weight is 275 g/mol. The van der Waals surface area contributed by atoms with Crippen LogP contribution in [0.5, 0.6) is 0 Å². The standard InChI is InChI=1S/C9H13N3O5S/c1-5-10-3-8(11-5)18(16,17)12-4-6(13)2-7(12)9(14)15/h3,6-7,13H,2,4H2,1H3,(H,10,11)(H,14,15)/t6-,7-/m1/s1. The van der Waals surface area contributed by atoms with Crippen LogP contribution in [0.4, 0.5) is 0 Å². The lowest BCUT2D eigenvalue weighted by Crippen LogP contribution is -2.40. The summed E-state index contributed by atoms with van der Waals surface area (Å²) in [6, 6.07) is -1.24. The van der Waals surface area contributed by atoms with E-state index in [1.807, 2.05) is 0 Å². The van der Waals surface area contributed by atoms with Gasteiger partial charge in [-0.05, 0) is 6.92 Å². The number of hydrogen-bond acceptors (Lipinski definition) is 5. The van der Waals surface area contributed by atoms with Gasteiger partial charge in [0.2, 0.25) is 0 Å². The number of aliphatic hydroxyl groups excluding tert-OH is 1. The number of carbonyl (C=O) groups is 1. The van der Waals surface area contributed by atoms with Gasteiger partial charge in [0.15, 0.2) is 5.03 Å². The number of aromatic amines is 1. The lowest BCUT2D eigenvalue weighted by atomic mass is 10.2. The van der Waals surface area contributed by atoms with E-state index in [1.165, 1.54) is 0 Å². The third-order valence-corrected chi connectivity index (χ3v) is 4.57. The molecule has 1 fully saturated rings. The van der Waals surface area contributed by atoms with Crippen LogP contribution in [0.3, 0.4) is 0 Å². The predicted molar refractivity (Wildman–Crippen MR) is 59.3 cm³/mol. The highest BCUT2D eigenvalue weighted by molar-refractivity contribution is 7.89. The van der Waals surface area contributed by atoms with Crippen LogP contribution in [0.15, 0.2) is 11.2 Å². The van der Waals surface area contributed by atoms with E-state index in [0.29, 0.717) is 5.82 Å². The van der Waals surface area contributed by atoms with Gasteiger partial charge < -0.3 is 15.2 Å². The number of carboxylic acid groups (broad SMARTS) is 1. The van der Waals surface area contributed by atoms with Crippen molar-refractivity contribution >= 4 is 16.0 Å². The molecule has 0 aromatic carbocycles. The van der Waals surface area contributed by atoms with Crippen molar-refractivity contribution in [2.75, 3.05) is 6.54 Å². The second kappa shape index (κ2) is 4.34. The van der Waals surface area contributed by atoms with Crippen LogP contribution in [0.2, 0.25) is 0 Å². The number of aliphatic carboxylic acids is 1. The summed E-state index contributed by atoms with van der Waals surface area (Å²) in [4.78, 5) is 17.3. The second-order valence-corrected chi connectivity index (χ2v) is 6.01. The number of nitrogens with zero attached hydrogens (tertiary/aromatic N) is 2. The highest BCUT2D eigenvalue weighted by atomic mass is 32.2. The molecule has 0 amide bonds. The highest BCUT2D eigenvalue weighted by Crippen LogP contribution is 2.25. The first kappa shape index (κ1) is 13.0. The van der Waals surface area contributed by atoms with Gasteiger partial charge >= 0.3 is 5.97 Å². The van der Waals surface area contributed by atoms with E-state index >= 15 is 0 Å². The van der Waals surface area contributed by atoms with E-state index in [4.69, 9.17) is 5.11 Å².